The van der Waals surface area contributed by atoms with Crippen molar-refractivity contribution in [1.82, 2.24) is 35.9 Å². The van der Waals surface area contributed by atoms with Gasteiger partial charge in [-0.15, -0.1) is 0 Å². The van der Waals surface area contributed by atoms with E-state index in [0.717, 1.165) is 0 Å². The summed E-state index contributed by atoms with van der Waals surface area (Å²) in [6.07, 6.45) is 6.75. The third kappa shape index (κ3) is 10.9. The minimum Gasteiger partial charge on any atom is -0.480 e. The van der Waals surface area contributed by atoms with Gasteiger partial charge in [0.15, 0.2) is 0 Å². The summed E-state index contributed by atoms with van der Waals surface area (Å²) in [5.41, 5.74) is 17.6. The molecule has 4 amide bonds. The Balaban J connectivity index is 2.17. The van der Waals surface area contributed by atoms with E-state index < -0.39 is 53.8 Å². The molecule has 0 aromatic carbocycles. The van der Waals surface area contributed by atoms with E-state index >= 15 is 0 Å². The zero-order chi connectivity index (χ0) is 28.8. The Morgan fingerprint density at radius 1 is 0.821 bits per heavy atom. The van der Waals surface area contributed by atoms with E-state index in [1.165, 1.54) is 25.0 Å². The molecule has 39 heavy (non-hydrogen) atoms. The lowest BCUT2D eigenvalue weighted by atomic mass is 10.0. The molecule has 0 aliphatic carbocycles. The number of carbonyl (C=O) groups is 5. The third-order valence-electron chi connectivity index (χ3n) is 5.82. The summed E-state index contributed by atoms with van der Waals surface area (Å²) in [5.74, 6) is -4.16. The Hall–Kier alpha value is -4.31. The van der Waals surface area contributed by atoms with Crippen LogP contribution in [-0.2, 0) is 36.8 Å². The number of carboxylic acid groups (broad SMARTS) is 1. The van der Waals surface area contributed by atoms with Crippen molar-refractivity contribution in [2.75, 3.05) is 6.54 Å². The normalized spacial score (nSPS) is 14.0. The number of hydrogen-bond acceptors (Lipinski definition) is 9. The maximum Gasteiger partial charge on any atom is 0.326 e. The van der Waals surface area contributed by atoms with E-state index in [2.05, 4.69) is 35.9 Å². The van der Waals surface area contributed by atoms with Crippen molar-refractivity contribution >= 4 is 29.6 Å². The highest BCUT2D eigenvalue weighted by molar-refractivity contribution is 5.94. The number of primary amides is 1. The van der Waals surface area contributed by atoms with Gasteiger partial charge >= 0.3 is 5.97 Å². The monoisotopic (exact) mass is 548 g/mol. The maximum absolute atomic E-state index is 13.2. The van der Waals surface area contributed by atoms with Gasteiger partial charge in [0.2, 0.25) is 23.6 Å². The van der Waals surface area contributed by atoms with E-state index in [4.69, 9.17) is 17.2 Å². The van der Waals surface area contributed by atoms with Gasteiger partial charge in [-0.25, -0.2) is 14.8 Å². The molecule has 0 aliphatic rings. The van der Waals surface area contributed by atoms with Crippen LogP contribution in [0.5, 0.6) is 0 Å². The van der Waals surface area contributed by atoms with Gasteiger partial charge in [-0.2, -0.15) is 0 Å². The fourth-order valence-electron chi connectivity index (χ4n) is 3.66. The maximum atomic E-state index is 13.2. The van der Waals surface area contributed by atoms with Gasteiger partial charge in [0.25, 0.3) is 0 Å². The minimum absolute atomic E-state index is 0.0664. The predicted molar refractivity (Wildman–Crippen MR) is 137 cm³/mol. The number of rotatable bonds is 18. The Bertz CT molecular complexity index is 1080. The van der Waals surface area contributed by atoms with Crippen LogP contribution in [0.2, 0.25) is 0 Å². The molecular formula is C23H36N10O6. The molecule has 4 unspecified atom stereocenters. The number of H-pyrrole nitrogens is 2. The van der Waals surface area contributed by atoms with Crippen LogP contribution in [0.3, 0.4) is 0 Å². The number of aromatic amines is 2. The van der Waals surface area contributed by atoms with Crippen LogP contribution in [0.25, 0.3) is 0 Å². The number of carbonyl (C=O) groups excluding carboxylic acids is 4. The second-order valence-corrected chi connectivity index (χ2v) is 8.98. The first kappa shape index (κ1) is 30.9. The van der Waals surface area contributed by atoms with Crippen molar-refractivity contribution in [2.45, 2.75) is 69.1 Å². The topological polar surface area (TPSA) is 277 Å². The van der Waals surface area contributed by atoms with Crippen molar-refractivity contribution in [3.05, 3.63) is 36.4 Å². The molecule has 0 saturated carbocycles. The summed E-state index contributed by atoms with van der Waals surface area (Å²) in [7, 11) is 0. The number of hydrogen-bond donors (Lipinski definition) is 9. The van der Waals surface area contributed by atoms with Crippen LogP contribution in [-0.4, -0.2) is 85.4 Å². The first-order valence-electron chi connectivity index (χ1n) is 12.4. The SMILES string of the molecule is NCCCCC(N)C(=O)NC(CCC(N)=O)C(=O)NC(Cc1cnc[nH]1)C(=O)NC(Cc1cnc[nH]1)C(=O)O. The van der Waals surface area contributed by atoms with Crippen molar-refractivity contribution in [3.8, 4) is 0 Å². The van der Waals surface area contributed by atoms with Gasteiger partial charge in [-0.05, 0) is 25.8 Å². The van der Waals surface area contributed by atoms with E-state index in [0.29, 0.717) is 37.2 Å². The number of aromatic nitrogens is 4. The van der Waals surface area contributed by atoms with Gasteiger partial charge in [0, 0.05) is 43.0 Å². The zero-order valence-corrected chi connectivity index (χ0v) is 21.4. The molecular weight excluding hydrogens is 512 g/mol. The van der Waals surface area contributed by atoms with E-state index in [1.54, 1.807) is 0 Å². The van der Waals surface area contributed by atoms with Gasteiger partial charge in [-0.1, -0.05) is 6.42 Å². The third-order valence-corrected chi connectivity index (χ3v) is 5.82. The minimum atomic E-state index is -1.32. The summed E-state index contributed by atoms with van der Waals surface area (Å²) in [5, 5.41) is 17.1. The summed E-state index contributed by atoms with van der Waals surface area (Å²) in [6, 6.07) is -4.73. The Kier molecular flexibility index (Phi) is 12.5. The Labute approximate surface area is 224 Å². The first-order chi connectivity index (χ1) is 18.6. The second-order valence-electron chi connectivity index (χ2n) is 8.98. The molecule has 0 bridgehead atoms. The summed E-state index contributed by atoms with van der Waals surface area (Å²) < 4.78 is 0. The van der Waals surface area contributed by atoms with Gasteiger partial charge < -0.3 is 48.2 Å². The Morgan fingerprint density at radius 3 is 1.87 bits per heavy atom. The van der Waals surface area contributed by atoms with Crippen LogP contribution in [0.4, 0.5) is 0 Å². The molecule has 0 aliphatic heterocycles. The molecule has 0 saturated heterocycles. The number of nitrogens with one attached hydrogen (secondary N) is 5. The molecule has 0 spiro atoms. The van der Waals surface area contributed by atoms with Crippen molar-refractivity contribution < 1.29 is 29.1 Å². The average Bonchev–Trinajstić information content (AvgIpc) is 3.59. The predicted octanol–water partition coefficient (Wildman–Crippen LogP) is -2.82. The van der Waals surface area contributed by atoms with Crippen molar-refractivity contribution in [3.63, 3.8) is 0 Å². The second kappa shape index (κ2) is 15.8. The number of amides is 4. The molecule has 214 valence electrons. The lowest BCUT2D eigenvalue weighted by molar-refractivity contribution is -0.142. The number of nitrogens with zero attached hydrogens (tertiary/aromatic N) is 2. The van der Waals surface area contributed by atoms with E-state index in [-0.39, 0.29) is 25.7 Å². The van der Waals surface area contributed by atoms with Crippen molar-refractivity contribution in [2.24, 2.45) is 17.2 Å². The standard InChI is InChI=1S/C23H36N10O6/c24-6-2-1-3-15(25)20(35)31-16(4-5-19(26)34)21(36)32-17(7-13-9-27-11-29-13)22(37)33-18(23(38)39)8-14-10-28-12-30-14/h9-12,15-18H,1-8,24-25H2,(H2,26,34)(H,27,29)(H,28,30)(H,31,35)(H,32,36)(H,33,37)(H,38,39). The van der Waals surface area contributed by atoms with Crippen LogP contribution in [0, 0.1) is 0 Å². The fraction of sp³-hybridized carbons (Fsp3) is 0.522. The highest BCUT2D eigenvalue weighted by Crippen LogP contribution is 2.06. The smallest absolute Gasteiger partial charge is 0.326 e. The molecule has 0 fully saturated rings. The average molecular weight is 549 g/mol. The highest BCUT2D eigenvalue weighted by atomic mass is 16.4. The molecule has 2 aromatic heterocycles. The highest BCUT2D eigenvalue weighted by Gasteiger charge is 2.31. The molecule has 2 heterocycles. The Morgan fingerprint density at radius 2 is 1.36 bits per heavy atom. The lowest BCUT2D eigenvalue weighted by Crippen LogP contribution is -2.58. The molecule has 16 nitrogen and oxygen atoms in total. The fourth-order valence-corrected chi connectivity index (χ4v) is 3.66. The molecule has 0 radical (unpaired) electrons. The molecule has 4 atom stereocenters. The van der Waals surface area contributed by atoms with E-state index in [9.17, 15) is 29.1 Å². The number of imidazole rings is 2. The van der Waals surface area contributed by atoms with Crippen LogP contribution in [0.15, 0.2) is 25.0 Å². The van der Waals surface area contributed by atoms with Crippen LogP contribution < -0.4 is 33.2 Å². The number of unbranched alkanes of at least 4 members (excludes halogenated alkanes) is 1. The number of aliphatic carboxylic acids is 1. The largest absolute Gasteiger partial charge is 0.480 e. The van der Waals surface area contributed by atoms with Crippen LogP contribution >= 0.6 is 0 Å². The molecule has 2 aromatic rings. The molecule has 2 rings (SSSR count). The lowest BCUT2D eigenvalue weighted by Gasteiger charge is -2.25. The van der Waals surface area contributed by atoms with Gasteiger partial charge in [0.1, 0.15) is 18.1 Å². The van der Waals surface area contributed by atoms with Gasteiger partial charge in [-0.3, -0.25) is 19.2 Å². The summed E-state index contributed by atoms with van der Waals surface area (Å²) in [4.78, 5) is 75.5. The first-order valence-corrected chi connectivity index (χ1v) is 12.4. The van der Waals surface area contributed by atoms with E-state index in [1.807, 2.05) is 0 Å². The zero-order valence-electron chi connectivity index (χ0n) is 21.4. The summed E-state index contributed by atoms with van der Waals surface area (Å²) >= 11 is 0. The van der Waals surface area contributed by atoms with Crippen LogP contribution in [0.1, 0.15) is 43.5 Å². The number of carboxylic acids is 1. The van der Waals surface area contributed by atoms with Crippen molar-refractivity contribution in [1.29, 1.82) is 0 Å². The quantitative estimate of drug-likeness (QED) is 0.0861. The number of nitrogens with two attached hydrogens (primary N) is 3. The molecule has 16 heteroatoms. The van der Waals surface area contributed by atoms with Gasteiger partial charge in [0.05, 0.1) is 18.7 Å². The summed E-state index contributed by atoms with van der Waals surface area (Å²) in [6.45, 7) is 0.447. The molecule has 12 N–H and O–H groups in total.